The van der Waals surface area contributed by atoms with E-state index in [2.05, 4.69) is 30.6 Å². The van der Waals surface area contributed by atoms with Crippen molar-refractivity contribution in [2.45, 2.75) is 13.8 Å². The number of hydrogen-bond donors (Lipinski definition) is 1. The van der Waals surface area contributed by atoms with E-state index in [0.717, 1.165) is 26.2 Å². The summed E-state index contributed by atoms with van der Waals surface area (Å²) in [4.78, 5) is 13.0. The van der Waals surface area contributed by atoms with Gasteiger partial charge in [0.1, 0.15) is 6.61 Å². The summed E-state index contributed by atoms with van der Waals surface area (Å²) in [5, 5.41) is 3.21. The topological polar surface area (TPSA) is 41.6 Å². The van der Waals surface area contributed by atoms with Gasteiger partial charge in [0.2, 0.25) is 0 Å². The van der Waals surface area contributed by atoms with E-state index in [-0.39, 0.29) is 5.97 Å². The summed E-state index contributed by atoms with van der Waals surface area (Å²) in [7, 11) is 0. The molecule has 0 spiro atoms. The lowest BCUT2D eigenvalue weighted by molar-refractivity contribution is -0.137. The molecule has 0 aliphatic rings. The number of carbonyl (C=O) groups excluding carboxylic acids is 1. The highest BCUT2D eigenvalue weighted by molar-refractivity contribution is 5.81. The van der Waals surface area contributed by atoms with Crippen LogP contribution in [-0.2, 0) is 9.53 Å². The normalized spacial score (nSPS) is 10.3. The number of carbonyl (C=O) groups is 1. The van der Waals surface area contributed by atoms with E-state index >= 15 is 0 Å². The minimum Gasteiger partial charge on any atom is -0.461 e. The highest BCUT2D eigenvalue weighted by Crippen LogP contribution is 1.84. The molecule has 0 rings (SSSR count). The van der Waals surface area contributed by atoms with Crippen molar-refractivity contribution in [1.29, 1.82) is 0 Å². The van der Waals surface area contributed by atoms with E-state index < -0.39 is 0 Å². The first-order valence-electron chi connectivity index (χ1n) is 5.46. The zero-order valence-electron chi connectivity index (χ0n) is 9.79. The van der Waals surface area contributed by atoms with Crippen LogP contribution in [0.3, 0.4) is 0 Å². The molecule has 0 bridgehead atoms. The summed E-state index contributed by atoms with van der Waals surface area (Å²) in [6.45, 7) is 12.8. The molecular formula is C11H22N2O2. The Morgan fingerprint density at radius 3 is 2.60 bits per heavy atom. The van der Waals surface area contributed by atoms with Crippen molar-refractivity contribution in [3.63, 3.8) is 0 Å². The fourth-order valence-electron chi connectivity index (χ4n) is 1.18. The molecule has 0 radical (unpaired) electrons. The molecule has 0 aromatic rings. The van der Waals surface area contributed by atoms with Crippen molar-refractivity contribution in [2.75, 3.05) is 39.3 Å². The average molecular weight is 214 g/mol. The molecule has 0 saturated heterocycles. The number of ether oxygens (including phenoxy) is 1. The molecule has 1 N–H and O–H groups in total. The van der Waals surface area contributed by atoms with Crippen LogP contribution >= 0.6 is 0 Å². The highest BCUT2D eigenvalue weighted by atomic mass is 16.5. The summed E-state index contributed by atoms with van der Waals surface area (Å²) in [6.07, 6.45) is 1.18. The number of esters is 1. The first-order valence-corrected chi connectivity index (χ1v) is 5.46. The van der Waals surface area contributed by atoms with Crippen LogP contribution in [0.5, 0.6) is 0 Å². The van der Waals surface area contributed by atoms with Gasteiger partial charge in [0, 0.05) is 25.7 Å². The van der Waals surface area contributed by atoms with E-state index in [1.54, 1.807) is 0 Å². The molecule has 0 aliphatic carbocycles. The van der Waals surface area contributed by atoms with Crippen LogP contribution in [-0.4, -0.2) is 50.2 Å². The van der Waals surface area contributed by atoms with E-state index in [9.17, 15) is 4.79 Å². The SMILES string of the molecule is C=CC(=O)OCCNCCN(CC)CC. The zero-order valence-corrected chi connectivity index (χ0v) is 9.79. The largest absolute Gasteiger partial charge is 0.461 e. The Hall–Kier alpha value is -0.870. The zero-order chi connectivity index (χ0) is 11.5. The lowest BCUT2D eigenvalue weighted by atomic mass is 10.4. The molecule has 88 valence electrons. The first kappa shape index (κ1) is 14.1. The summed E-state index contributed by atoms with van der Waals surface area (Å²) in [6, 6.07) is 0. The molecule has 0 unspecified atom stereocenters. The van der Waals surface area contributed by atoms with E-state index in [1.807, 2.05) is 0 Å². The van der Waals surface area contributed by atoms with Gasteiger partial charge < -0.3 is 15.0 Å². The van der Waals surface area contributed by atoms with Gasteiger partial charge in [0.15, 0.2) is 0 Å². The van der Waals surface area contributed by atoms with Crippen LogP contribution in [0.2, 0.25) is 0 Å². The van der Waals surface area contributed by atoms with Gasteiger partial charge in [-0.3, -0.25) is 0 Å². The molecule has 0 saturated carbocycles. The number of hydrogen-bond acceptors (Lipinski definition) is 4. The number of nitrogens with one attached hydrogen (secondary N) is 1. The van der Waals surface area contributed by atoms with Gasteiger partial charge >= 0.3 is 5.97 Å². The van der Waals surface area contributed by atoms with E-state index in [0.29, 0.717) is 13.2 Å². The molecule has 0 fully saturated rings. The van der Waals surface area contributed by atoms with Crippen molar-refractivity contribution < 1.29 is 9.53 Å². The van der Waals surface area contributed by atoms with Gasteiger partial charge in [0.05, 0.1) is 0 Å². The Bertz CT molecular complexity index is 179. The Morgan fingerprint density at radius 2 is 2.07 bits per heavy atom. The minimum atomic E-state index is -0.361. The van der Waals surface area contributed by atoms with Gasteiger partial charge in [-0.15, -0.1) is 0 Å². The van der Waals surface area contributed by atoms with Crippen LogP contribution in [0.25, 0.3) is 0 Å². The third-order valence-electron chi connectivity index (χ3n) is 2.19. The fourth-order valence-corrected chi connectivity index (χ4v) is 1.18. The van der Waals surface area contributed by atoms with Crippen LogP contribution in [0.4, 0.5) is 0 Å². The second kappa shape index (κ2) is 9.68. The summed E-state index contributed by atoms with van der Waals surface area (Å²) in [5.41, 5.74) is 0. The fraction of sp³-hybridized carbons (Fsp3) is 0.727. The van der Waals surface area contributed by atoms with Crippen molar-refractivity contribution in [3.8, 4) is 0 Å². The van der Waals surface area contributed by atoms with Crippen molar-refractivity contribution >= 4 is 5.97 Å². The molecule has 4 nitrogen and oxygen atoms in total. The minimum absolute atomic E-state index is 0.361. The molecule has 0 amide bonds. The smallest absolute Gasteiger partial charge is 0.330 e. The average Bonchev–Trinajstić information content (AvgIpc) is 2.28. The number of nitrogens with zero attached hydrogens (tertiary/aromatic N) is 1. The van der Waals surface area contributed by atoms with Gasteiger partial charge in [-0.05, 0) is 13.1 Å². The Balaban J connectivity index is 3.24. The monoisotopic (exact) mass is 214 g/mol. The lowest BCUT2D eigenvalue weighted by Gasteiger charge is -2.17. The van der Waals surface area contributed by atoms with Crippen molar-refractivity contribution in [3.05, 3.63) is 12.7 Å². The molecule has 0 heterocycles. The summed E-state index contributed by atoms with van der Waals surface area (Å²) in [5.74, 6) is -0.361. The Kier molecular flexibility index (Phi) is 9.11. The van der Waals surface area contributed by atoms with Gasteiger partial charge in [-0.1, -0.05) is 20.4 Å². The van der Waals surface area contributed by atoms with E-state index in [4.69, 9.17) is 4.74 Å². The molecule has 0 aromatic carbocycles. The third kappa shape index (κ3) is 8.15. The highest BCUT2D eigenvalue weighted by Gasteiger charge is 1.98. The molecule has 0 atom stereocenters. The first-order chi connectivity index (χ1) is 7.24. The molecule has 0 aromatic heterocycles. The van der Waals surface area contributed by atoms with Crippen LogP contribution in [0, 0.1) is 0 Å². The maximum absolute atomic E-state index is 10.7. The third-order valence-corrected chi connectivity index (χ3v) is 2.19. The Labute approximate surface area is 92.3 Å². The maximum atomic E-state index is 10.7. The van der Waals surface area contributed by atoms with Gasteiger partial charge in [-0.25, -0.2) is 4.79 Å². The van der Waals surface area contributed by atoms with Gasteiger partial charge in [0.25, 0.3) is 0 Å². The molecular weight excluding hydrogens is 192 g/mol. The lowest BCUT2D eigenvalue weighted by Crippen LogP contribution is -2.33. The molecule has 0 aliphatic heterocycles. The standard InChI is InChI=1S/C11H22N2O2/c1-4-11(14)15-10-8-12-7-9-13(5-2)6-3/h4,12H,1,5-10H2,2-3H3. The van der Waals surface area contributed by atoms with Crippen molar-refractivity contribution in [2.24, 2.45) is 0 Å². The van der Waals surface area contributed by atoms with E-state index in [1.165, 1.54) is 6.08 Å². The van der Waals surface area contributed by atoms with Gasteiger partial charge in [-0.2, -0.15) is 0 Å². The second-order valence-corrected chi connectivity index (χ2v) is 3.15. The van der Waals surface area contributed by atoms with Crippen LogP contribution in [0.15, 0.2) is 12.7 Å². The van der Waals surface area contributed by atoms with Crippen molar-refractivity contribution in [1.82, 2.24) is 10.2 Å². The predicted octanol–water partition coefficient (Wildman–Crippen LogP) is 0.647. The molecule has 4 heteroatoms. The summed E-state index contributed by atoms with van der Waals surface area (Å²) >= 11 is 0. The maximum Gasteiger partial charge on any atom is 0.330 e. The van der Waals surface area contributed by atoms with Crippen LogP contribution < -0.4 is 5.32 Å². The number of rotatable bonds is 9. The second-order valence-electron chi connectivity index (χ2n) is 3.15. The number of likely N-dealkylation sites (N-methyl/N-ethyl adjacent to an activating group) is 1. The Morgan fingerprint density at radius 1 is 1.40 bits per heavy atom. The summed E-state index contributed by atoms with van der Waals surface area (Å²) < 4.78 is 4.82. The van der Waals surface area contributed by atoms with Crippen LogP contribution in [0.1, 0.15) is 13.8 Å². The predicted molar refractivity (Wildman–Crippen MR) is 61.8 cm³/mol. The molecule has 15 heavy (non-hydrogen) atoms. The quantitative estimate of drug-likeness (QED) is 0.347.